The minimum absolute atomic E-state index is 0.00688. The van der Waals surface area contributed by atoms with Crippen LogP contribution in [-0.2, 0) is 0 Å². The van der Waals surface area contributed by atoms with E-state index in [4.69, 9.17) is 15.0 Å². The smallest absolute Gasteiger partial charge is 0.164 e. The predicted molar refractivity (Wildman–Crippen MR) is 239 cm³/mol. The van der Waals surface area contributed by atoms with Crippen LogP contribution in [0.1, 0.15) is 17.2 Å². The summed E-state index contributed by atoms with van der Waals surface area (Å²) in [6.07, 6.45) is 0. The lowest BCUT2D eigenvalue weighted by molar-refractivity contribution is 0.935. The number of hydrogen-bond acceptors (Lipinski definition) is 4. The van der Waals surface area contributed by atoms with E-state index in [1.807, 2.05) is 60.7 Å². The fraction of sp³-hybridized carbons (Fsp3) is 0.0185. The Kier molecular flexibility index (Phi) is 8.18. The van der Waals surface area contributed by atoms with E-state index in [2.05, 4.69) is 151 Å². The van der Waals surface area contributed by atoms with Gasteiger partial charge in [-0.2, -0.15) is 0 Å². The molecule has 0 saturated heterocycles. The van der Waals surface area contributed by atoms with Gasteiger partial charge in [-0.3, -0.25) is 0 Å². The van der Waals surface area contributed by atoms with Gasteiger partial charge in [0.05, 0.1) is 11.7 Å². The van der Waals surface area contributed by atoms with Gasteiger partial charge in [-0.1, -0.05) is 200 Å². The average molecular weight is 741 g/mol. The molecule has 11 rings (SSSR count). The number of anilines is 1. The van der Waals surface area contributed by atoms with E-state index < -0.39 is 0 Å². The summed E-state index contributed by atoms with van der Waals surface area (Å²) in [5, 5.41) is 9.06. The number of hydrogen-bond donors (Lipinski definition) is 1. The number of nitrogens with one attached hydrogen (secondary N) is 1. The van der Waals surface area contributed by atoms with Crippen molar-refractivity contribution in [2.45, 2.75) is 6.04 Å². The van der Waals surface area contributed by atoms with E-state index in [0.29, 0.717) is 17.5 Å². The first-order valence-corrected chi connectivity index (χ1v) is 19.7. The number of nitrogens with zero attached hydrogens (tertiary/aromatic N) is 3. The molecule has 1 atom stereocenters. The molecule has 4 heteroatoms. The summed E-state index contributed by atoms with van der Waals surface area (Å²) in [4.78, 5) is 14.7. The van der Waals surface area contributed by atoms with E-state index >= 15 is 0 Å². The molecule has 1 unspecified atom stereocenters. The number of rotatable bonds is 6. The van der Waals surface area contributed by atoms with Crippen LogP contribution >= 0.6 is 0 Å². The number of benzene rings is 9. The zero-order valence-corrected chi connectivity index (χ0v) is 31.5. The van der Waals surface area contributed by atoms with Gasteiger partial charge in [0.25, 0.3) is 0 Å². The number of para-hydroxylation sites is 1. The monoisotopic (exact) mass is 740 g/mol. The fourth-order valence-electron chi connectivity index (χ4n) is 8.45. The van der Waals surface area contributed by atoms with Crippen molar-refractivity contribution < 1.29 is 0 Å². The van der Waals surface area contributed by atoms with E-state index in [-0.39, 0.29) is 6.04 Å². The van der Waals surface area contributed by atoms with Gasteiger partial charge in [-0.15, -0.1) is 0 Å². The molecule has 0 radical (unpaired) electrons. The van der Waals surface area contributed by atoms with Gasteiger partial charge in [0.15, 0.2) is 17.5 Å². The van der Waals surface area contributed by atoms with Crippen LogP contribution in [0.4, 0.5) is 5.69 Å². The highest BCUT2D eigenvalue weighted by atomic mass is 15.0. The van der Waals surface area contributed by atoms with Gasteiger partial charge in [0, 0.05) is 27.8 Å². The molecule has 2 heterocycles. The van der Waals surface area contributed by atoms with Crippen LogP contribution < -0.4 is 5.32 Å². The Morgan fingerprint density at radius 2 is 0.845 bits per heavy atom. The Labute approximate surface area is 337 Å². The van der Waals surface area contributed by atoms with Gasteiger partial charge in [-0.05, 0) is 61.0 Å². The molecular formula is C54H36N4. The zero-order chi connectivity index (χ0) is 38.4. The Balaban J connectivity index is 0.949. The largest absolute Gasteiger partial charge is 0.373 e. The predicted octanol–water partition coefficient (Wildman–Crippen LogP) is 13.7. The molecule has 0 spiro atoms. The number of fused-ring (bicyclic) bond motifs is 6. The molecule has 1 aliphatic rings. The van der Waals surface area contributed by atoms with E-state index in [0.717, 1.165) is 39.1 Å². The molecule has 58 heavy (non-hydrogen) atoms. The molecule has 0 fully saturated rings. The standard InChI is InChI=1S/C54H36N4/c1-3-14-40(15-4-1)52-56-53(41-16-5-2-6-17-41)58-54(57-52)42-29-24-37(25-30-42)36-22-27-39(28-23-36)46-20-11-21-47-49-45-19-10-9-13-38(45)32-33-48(49)50(55-51(46)47)44-31-26-35-12-7-8-18-43(35)34-44/h1-34,50,55H. The minimum Gasteiger partial charge on any atom is -0.373 e. The topological polar surface area (TPSA) is 50.7 Å². The van der Waals surface area contributed by atoms with Crippen LogP contribution in [0.15, 0.2) is 206 Å². The van der Waals surface area contributed by atoms with Crippen LogP contribution in [0.5, 0.6) is 0 Å². The van der Waals surface area contributed by atoms with Crippen molar-refractivity contribution in [3.63, 3.8) is 0 Å². The minimum atomic E-state index is -0.00688. The second-order valence-corrected chi connectivity index (χ2v) is 14.9. The molecule has 1 aromatic heterocycles. The van der Waals surface area contributed by atoms with Crippen molar-refractivity contribution in [2.75, 3.05) is 5.32 Å². The number of aromatic nitrogens is 3. The van der Waals surface area contributed by atoms with Crippen LogP contribution in [0.3, 0.4) is 0 Å². The maximum atomic E-state index is 4.92. The Bertz CT molecular complexity index is 3060. The lowest BCUT2D eigenvalue weighted by atomic mass is 9.81. The van der Waals surface area contributed by atoms with Crippen LogP contribution in [0.2, 0.25) is 0 Å². The van der Waals surface area contributed by atoms with Crippen molar-refractivity contribution >= 4 is 27.2 Å². The maximum Gasteiger partial charge on any atom is 0.164 e. The van der Waals surface area contributed by atoms with Gasteiger partial charge in [0.2, 0.25) is 0 Å². The van der Waals surface area contributed by atoms with Gasteiger partial charge < -0.3 is 5.32 Å². The third kappa shape index (κ3) is 5.99. The van der Waals surface area contributed by atoms with Crippen molar-refractivity contribution in [1.82, 2.24) is 15.0 Å². The lowest BCUT2D eigenvalue weighted by Crippen LogP contribution is -2.19. The molecule has 4 nitrogen and oxygen atoms in total. The van der Waals surface area contributed by atoms with E-state index in [1.165, 1.54) is 49.4 Å². The summed E-state index contributed by atoms with van der Waals surface area (Å²) in [6, 6.07) is 73.1. The molecule has 1 N–H and O–H groups in total. The average Bonchev–Trinajstić information content (AvgIpc) is 3.31. The Morgan fingerprint density at radius 1 is 0.345 bits per heavy atom. The van der Waals surface area contributed by atoms with Crippen LogP contribution in [-0.4, -0.2) is 15.0 Å². The Morgan fingerprint density at radius 3 is 1.50 bits per heavy atom. The quantitative estimate of drug-likeness (QED) is 0.184. The third-order valence-corrected chi connectivity index (χ3v) is 11.4. The highest BCUT2D eigenvalue weighted by molar-refractivity contribution is 6.06. The summed E-state index contributed by atoms with van der Waals surface area (Å²) >= 11 is 0. The van der Waals surface area contributed by atoms with Gasteiger partial charge >= 0.3 is 0 Å². The van der Waals surface area contributed by atoms with Gasteiger partial charge in [0.1, 0.15) is 0 Å². The summed E-state index contributed by atoms with van der Waals surface area (Å²) in [7, 11) is 0. The second kappa shape index (κ2) is 14.1. The van der Waals surface area contributed by atoms with Crippen molar-refractivity contribution in [3.05, 3.63) is 217 Å². The van der Waals surface area contributed by atoms with Crippen LogP contribution in [0.25, 0.3) is 89.1 Å². The highest BCUT2D eigenvalue weighted by Crippen LogP contribution is 2.50. The summed E-state index contributed by atoms with van der Waals surface area (Å²) in [5.41, 5.74) is 13.7. The first kappa shape index (κ1) is 33.6. The molecule has 0 saturated carbocycles. The van der Waals surface area contributed by atoms with E-state index in [1.54, 1.807) is 0 Å². The normalized spacial score (nSPS) is 13.1. The van der Waals surface area contributed by atoms with Crippen molar-refractivity contribution in [2.24, 2.45) is 0 Å². The SMILES string of the molecule is c1ccc(-c2nc(-c3ccccc3)nc(-c3ccc(-c4ccc(-c5cccc6c5NC(c5ccc7ccccc7c5)c5ccc7ccccc7c5-6)cc4)cc3)n2)cc1. The second-order valence-electron chi connectivity index (χ2n) is 14.9. The molecule has 0 amide bonds. The van der Waals surface area contributed by atoms with Crippen molar-refractivity contribution in [3.8, 4) is 67.5 Å². The summed E-state index contributed by atoms with van der Waals surface area (Å²) in [5.74, 6) is 1.95. The van der Waals surface area contributed by atoms with Crippen molar-refractivity contribution in [1.29, 1.82) is 0 Å². The lowest BCUT2D eigenvalue weighted by Gasteiger charge is -2.33. The maximum absolute atomic E-state index is 4.92. The van der Waals surface area contributed by atoms with Crippen LogP contribution in [0, 0.1) is 0 Å². The Hall–Kier alpha value is -7.69. The van der Waals surface area contributed by atoms with E-state index in [9.17, 15) is 0 Å². The molecule has 0 aliphatic carbocycles. The first-order valence-electron chi connectivity index (χ1n) is 19.7. The molecule has 272 valence electrons. The molecule has 10 aromatic rings. The fourth-order valence-corrected chi connectivity index (χ4v) is 8.45. The first-order chi connectivity index (χ1) is 28.7. The summed E-state index contributed by atoms with van der Waals surface area (Å²) < 4.78 is 0. The molecule has 0 bridgehead atoms. The summed E-state index contributed by atoms with van der Waals surface area (Å²) in [6.45, 7) is 0. The van der Waals surface area contributed by atoms with Gasteiger partial charge in [-0.25, -0.2) is 15.0 Å². The molecular weight excluding hydrogens is 705 g/mol. The molecule has 1 aliphatic heterocycles. The zero-order valence-electron chi connectivity index (χ0n) is 31.5. The highest BCUT2D eigenvalue weighted by Gasteiger charge is 2.29. The molecule has 9 aromatic carbocycles. The third-order valence-electron chi connectivity index (χ3n) is 11.4.